The van der Waals surface area contributed by atoms with Crippen molar-refractivity contribution in [2.24, 2.45) is 17.6 Å². The molecule has 1 aliphatic carbocycles. The van der Waals surface area contributed by atoms with Gasteiger partial charge in [0.2, 0.25) is 11.8 Å². The predicted octanol–water partition coefficient (Wildman–Crippen LogP) is 0.700. The normalized spacial score (nSPS) is 26.3. The van der Waals surface area contributed by atoms with E-state index in [1.54, 1.807) is 7.11 Å². The van der Waals surface area contributed by atoms with Gasteiger partial charge in [0.05, 0.1) is 18.9 Å². The number of methoxy groups -OCH3 is 1. The van der Waals surface area contributed by atoms with Crippen molar-refractivity contribution in [3.63, 3.8) is 0 Å². The molecule has 5 heteroatoms. The molecule has 5 nitrogen and oxygen atoms in total. The first-order chi connectivity index (χ1) is 9.11. The SMILES string of the molecule is COc1cccc(C(N)CN2C(=O)C3CC3C2=O)c1. The van der Waals surface area contributed by atoms with Crippen LogP contribution in [0.4, 0.5) is 0 Å². The zero-order chi connectivity index (χ0) is 13.6. The Balaban J connectivity index is 1.72. The van der Waals surface area contributed by atoms with Gasteiger partial charge in [-0.15, -0.1) is 0 Å². The van der Waals surface area contributed by atoms with Crippen LogP contribution in [-0.2, 0) is 9.59 Å². The number of amides is 2. The zero-order valence-electron chi connectivity index (χ0n) is 10.7. The first-order valence-corrected chi connectivity index (χ1v) is 6.36. The predicted molar refractivity (Wildman–Crippen MR) is 68.2 cm³/mol. The number of benzene rings is 1. The third-order valence-electron chi connectivity index (χ3n) is 3.86. The number of likely N-dealkylation sites (tertiary alicyclic amines) is 1. The molecule has 0 aromatic heterocycles. The number of fused-ring (bicyclic) bond motifs is 1. The molecule has 0 spiro atoms. The maximum Gasteiger partial charge on any atom is 0.233 e. The van der Waals surface area contributed by atoms with Crippen LogP contribution in [0.1, 0.15) is 18.0 Å². The highest BCUT2D eigenvalue weighted by molar-refractivity contribution is 6.08. The third-order valence-corrected chi connectivity index (χ3v) is 3.86. The summed E-state index contributed by atoms with van der Waals surface area (Å²) < 4.78 is 5.14. The van der Waals surface area contributed by atoms with Crippen molar-refractivity contribution < 1.29 is 14.3 Å². The number of rotatable bonds is 4. The van der Waals surface area contributed by atoms with E-state index in [2.05, 4.69) is 0 Å². The molecule has 1 aromatic carbocycles. The van der Waals surface area contributed by atoms with Gasteiger partial charge in [-0.2, -0.15) is 0 Å². The van der Waals surface area contributed by atoms with E-state index in [-0.39, 0.29) is 36.2 Å². The molecule has 2 aliphatic rings. The summed E-state index contributed by atoms with van der Waals surface area (Å²) in [5.41, 5.74) is 6.94. The molecule has 1 aliphatic heterocycles. The van der Waals surface area contributed by atoms with Crippen LogP contribution in [0.25, 0.3) is 0 Å². The molecule has 3 unspecified atom stereocenters. The molecule has 1 saturated heterocycles. The maximum atomic E-state index is 11.9. The highest BCUT2D eigenvalue weighted by Crippen LogP contribution is 2.47. The molecular formula is C14H16N2O3. The fraction of sp³-hybridized carbons (Fsp3) is 0.429. The Bertz CT molecular complexity index is 523. The van der Waals surface area contributed by atoms with Crippen molar-refractivity contribution in [3.8, 4) is 5.75 Å². The van der Waals surface area contributed by atoms with Crippen LogP contribution < -0.4 is 10.5 Å². The molecule has 2 amide bonds. The summed E-state index contributed by atoms with van der Waals surface area (Å²) in [6.07, 6.45) is 0.725. The lowest BCUT2D eigenvalue weighted by atomic mass is 10.1. The highest BCUT2D eigenvalue weighted by Gasteiger charge is 2.58. The van der Waals surface area contributed by atoms with Gasteiger partial charge in [-0.25, -0.2) is 0 Å². The van der Waals surface area contributed by atoms with Gasteiger partial charge in [-0.3, -0.25) is 14.5 Å². The van der Waals surface area contributed by atoms with Crippen molar-refractivity contribution in [2.75, 3.05) is 13.7 Å². The zero-order valence-corrected chi connectivity index (χ0v) is 10.7. The number of ether oxygens (including phenoxy) is 1. The molecule has 1 heterocycles. The van der Waals surface area contributed by atoms with Gasteiger partial charge >= 0.3 is 0 Å². The quantitative estimate of drug-likeness (QED) is 0.809. The largest absolute Gasteiger partial charge is 0.497 e. The lowest BCUT2D eigenvalue weighted by Crippen LogP contribution is -2.38. The Morgan fingerprint density at radius 2 is 2.05 bits per heavy atom. The molecule has 3 rings (SSSR count). The Morgan fingerprint density at radius 1 is 1.37 bits per heavy atom. The Labute approximate surface area is 111 Å². The summed E-state index contributed by atoms with van der Waals surface area (Å²) in [5.74, 6) is 0.464. The van der Waals surface area contributed by atoms with Crippen LogP contribution in [-0.4, -0.2) is 30.4 Å². The van der Waals surface area contributed by atoms with Crippen LogP contribution in [0.3, 0.4) is 0 Å². The van der Waals surface area contributed by atoms with Gasteiger partial charge in [-0.1, -0.05) is 12.1 Å². The molecule has 100 valence electrons. The van der Waals surface area contributed by atoms with Crippen LogP contribution in [0.2, 0.25) is 0 Å². The maximum absolute atomic E-state index is 11.9. The van der Waals surface area contributed by atoms with E-state index in [4.69, 9.17) is 10.5 Å². The number of carbonyl (C=O) groups is 2. The second-order valence-electron chi connectivity index (χ2n) is 5.12. The fourth-order valence-corrected chi connectivity index (χ4v) is 2.60. The second-order valence-corrected chi connectivity index (χ2v) is 5.12. The Kier molecular flexibility index (Phi) is 2.78. The van der Waals surface area contributed by atoms with Gasteiger partial charge in [0.1, 0.15) is 5.75 Å². The molecule has 3 atom stereocenters. The minimum absolute atomic E-state index is 0.0617. The van der Waals surface area contributed by atoms with Gasteiger partial charge in [0, 0.05) is 12.6 Å². The van der Waals surface area contributed by atoms with E-state index in [1.807, 2.05) is 24.3 Å². The second kappa shape index (κ2) is 4.35. The summed E-state index contributed by atoms with van der Waals surface area (Å²) in [6, 6.07) is 7.01. The Morgan fingerprint density at radius 3 is 2.68 bits per heavy atom. The standard InChI is InChI=1S/C14H16N2O3/c1-19-9-4-2-3-8(5-9)12(15)7-16-13(17)10-6-11(10)14(16)18/h2-5,10-12H,6-7,15H2,1H3. The van der Waals surface area contributed by atoms with Crippen molar-refractivity contribution >= 4 is 11.8 Å². The molecule has 19 heavy (non-hydrogen) atoms. The van der Waals surface area contributed by atoms with Crippen LogP contribution in [0.15, 0.2) is 24.3 Å². The van der Waals surface area contributed by atoms with E-state index in [9.17, 15) is 9.59 Å². The van der Waals surface area contributed by atoms with E-state index in [0.29, 0.717) is 0 Å². The Hall–Kier alpha value is -1.88. The van der Waals surface area contributed by atoms with E-state index < -0.39 is 0 Å². The van der Waals surface area contributed by atoms with Crippen molar-refractivity contribution in [1.82, 2.24) is 4.90 Å². The first-order valence-electron chi connectivity index (χ1n) is 6.36. The molecule has 2 N–H and O–H groups in total. The highest BCUT2D eigenvalue weighted by atomic mass is 16.5. The average molecular weight is 260 g/mol. The van der Waals surface area contributed by atoms with Gasteiger partial charge in [-0.05, 0) is 24.1 Å². The van der Waals surface area contributed by atoms with Crippen LogP contribution in [0.5, 0.6) is 5.75 Å². The number of nitrogens with zero attached hydrogens (tertiary/aromatic N) is 1. The van der Waals surface area contributed by atoms with Gasteiger partial charge < -0.3 is 10.5 Å². The number of piperidine rings is 1. The smallest absolute Gasteiger partial charge is 0.233 e. The lowest BCUT2D eigenvalue weighted by molar-refractivity contribution is -0.141. The number of hydrogen-bond acceptors (Lipinski definition) is 4. The lowest BCUT2D eigenvalue weighted by Gasteiger charge is -2.21. The van der Waals surface area contributed by atoms with Crippen molar-refractivity contribution in [3.05, 3.63) is 29.8 Å². The fourth-order valence-electron chi connectivity index (χ4n) is 2.60. The number of nitrogens with two attached hydrogens (primary N) is 1. The third kappa shape index (κ3) is 2.00. The van der Waals surface area contributed by atoms with Gasteiger partial charge in [0.15, 0.2) is 0 Å². The van der Waals surface area contributed by atoms with E-state index >= 15 is 0 Å². The van der Waals surface area contributed by atoms with Crippen LogP contribution in [0, 0.1) is 11.8 Å². The van der Waals surface area contributed by atoms with E-state index in [0.717, 1.165) is 17.7 Å². The monoisotopic (exact) mass is 260 g/mol. The summed E-state index contributed by atoms with van der Waals surface area (Å²) in [5, 5.41) is 0. The molecule has 0 radical (unpaired) electrons. The summed E-state index contributed by atoms with van der Waals surface area (Å²) in [7, 11) is 1.59. The minimum Gasteiger partial charge on any atom is -0.497 e. The van der Waals surface area contributed by atoms with Crippen LogP contribution >= 0.6 is 0 Å². The number of imide groups is 1. The minimum atomic E-state index is -0.375. The summed E-state index contributed by atoms with van der Waals surface area (Å²) in [4.78, 5) is 25.1. The van der Waals surface area contributed by atoms with Crippen molar-refractivity contribution in [2.45, 2.75) is 12.5 Å². The molecular weight excluding hydrogens is 244 g/mol. The average Bonchev–Trinajstić information content (AvgIpc) is 3.19. The summed E-state index contributed by atoms with van der Waals surface area (Å²) in [6.45, 7) is 0.248. The molecule has 2 fully saturated rings. The van der Waals surface area contributed by atoms with Crippen molar-refractivity contribution in [1.29, 1.82) is 0 Å². The summed E-state index contributed by atoms with van der Waals surface area (Å²) >= 11 is 0. The first kappa shape index (κ1) is 12.2. The number of carbonyl (C=O) groups excluding carboxylic acids is 2. The topological polar surface area (TPSA) is 72.6 Å². The molecule has 1 aromatic rings. The van der Waals surface area contributed by atoms with Gasteiger partial charge in [0.25, 0.3) is 0 Å². The molecule has 1 saturated carbocycles. The van der Waals surface area contributed by atoms with E-state index in [1.165, 1.54) is 4.90 Å². The molecule has 0 bridgehead atoms. The number of hydrogen-bond donors (Lipinski definition) is 1.